The van der Waals surface area contributed by atoms with Crippen molar-refractivity contribution < 1.29 is 14.8 Å². The van der Waals surface area contributed by atoms with Crippen LogP contribution in [0, 0.1) is 10.1 Å². The number of nitro benzene ring substituents is 1. The molecule has 0 unspecified atom stereocenters. The first kappa shape index (κ1) is 36.5. The van der Waals surface area contributed by atoms with Crippen molar-refractivity contribution in [3.05, 3.63) is 92.1 Å². The summed E-state index contributed by atoms with van der Waals surface area (Å²) in [5.41, 5.74) is 6.58. The molecule has 0 amide bonds. The van der Waals surface area contributed by atoms with E-state index in [4.69, 9.17) is 0 Å². The molecule has 0 aliphatic carbocycles. The lowest BCUT2D eigenvalue weighted by atomic mass is 10.0. The predicted octanol–water partition coefficient (Wildman–Crippen LogP) is 11.7. The van der Waals surface area contributed by atoms with Crippen LogP contribution < -0.4 is 0 Å². The first-order valence-electron chi connectivity index (χ1n) is 14.6. The van der Waals surface area contributed by atoms with Crippen molar-refractivity contribution in [3.8, 4) is 0 Å². The molecule has 0 spiro atoms. The lowest BCUT2D eigenvalue weighted by Crippen LogP contribution is -2.02. The van der Waals surface area contributed by atoms with Crippen LogP contribution in [0.4, 0.5) is 5.69 Å². The van der Waals surface area contributed by atoms with Gasteiger partial charge in [0.15, 0.2) is 0 Å². The molecule has 0 aromatic heterocycles. The summed E-state index contributed by atoms with van der Waals surface area (Å²) in [6, 6.07) is 4.25. The summed E-state index contributed by atoms with van der Waals surface area (Å²) in [4.78, 5) is 22.3. The van der Waals surface area contributed by atoms with Crippen LogP contribution in [0.2, 0.25) is 0 Å². The van der Waals surface area contributed by atoms with Gasteiger partial charge in [-0.15, -0.1) is 0 Å². The molecule has 0 saturated carbocycles. The molecule has 1 aromatic rings. The van der Waals surface area contributed by atoms with Gasteiger partial charge < -0.3 is 5.11 Å². The van der Waals surface area contributed by atoms with Crippen molar-refractivity contribution in [2.75, 3.05) is 5.75 Å². The van der Waals surface area contributed by atoms with Crippen molar-refractivity contribution in [3.63, 3.8) is 0 Å². The number of hydrogen-bond acceptors (Lipinski definition) is 5. The molecule has 0 radical (unpaired) electrons. The molecule has 0 fully saturated rings. The zero-order valence-corrected chi connectivity index (χ0v) is 27.5. The Balaban J connectivity index is 2.25. The summed E-state index contributed by atoms with van der Waals surface area (Å²) in [7, 11) is 3.10. The summed E-state index contributed by atoms with van der Waals surface area (Å²) in [5.74, 6) is -0.356. The second kappa shape index (κ2) is 21.2. The quantitative estimate of drug-likeness (QED) is 0.0528. The smallest absolute Gasteiger partial charge is 0.342 e. The van der Waals surface area contributed by atoms with Crippen LogP contribution >= 0.6 is 21.6 Å². The minimum atomic E-state index is -1.28. The van der Waals surface area contributed by atoms with E-state index in [1.54, 1.807) is 16.9 Å². The topological polar surface area (TPSA) is 80.4 Å². The maximum atomic E-state index is 11.3. The lowest BCUT2D eigenvalue weighted by Gasteiger charge is -2.05. The fourth-order valence-electron chi connectivity index (χ4n) is 4.17. The number of aromatic carboxylic acids is 1. The van der Waals surface area contributed by atoms with Gasteiger partial charge in [-0.2, -0.15) is 0 Å². The Bertz CT molecular complexity index is 1140. The molecular formula is C34H49NO4S2. The van der Waals surface area contributed by atoms with Crippen molar-refractivity contribution >= 4 is 33.2 Å². The normalized spacial score (nSPS) is 12.9. The highest BCUT2D eigenvalue weighted by Gasteiger charge is 2.20. The summed E-state index contributed by atoms with van der Waals surface area (Å²) in [5, 5.41) is 20.2. The number of benzene rings is 1. The van der Waals surface area contributed by atoms with Gasteiger partial charge in [-0.25, -0.2) is 4.79 Å². The number of allylic oxidation sites excluding steroid dienone is 10. The number of carboxylic acids is 1. The monoisotopic (exact) mass is 599 g/mol. The van der Waals surface area contributed by atoms with Gasteiger partial charge in [-0.3, -0.25) is 10.1 Å². The Labute approximate surface area is 255 Å². The number of carbonyl (C=O) groups is 1. The Morgan fingerprint density at radius 1 is 0.780 bits per heavy atom. The molecule has 41 heavy (non-hydrogen) atoms. The van der Waals surface area contributed by atoms with E-state index in [1.165, 1.54) is 50.8 Å². The summed E-state index contributed by atoms with van der Waals surface area (Å²) < 4.78 is 0. The average Bonchev–Trinajstić information content (AvgIpc) is 2.90. The highest BCUT2D eigenvalue weighted by molar-refractivity contribution is 8.76. The standard InChI is InChI=1S/C34H49NO4S2/c1-26(2)13-9-16-29(5)19-10-17-27(3)14-7-8-15-28(4)18-11-20-30(6)21-12-24-40-41-31-22-23-33(35(38)39)32(25-31)34(36)37/h13-15,19-20,22-23,25H,7-12,16-18,21,24H2,1-6H3,(H,36,37)/b27-14+,28-15+,29-19+,30-20+. The molecular weight excluding hydrogens is 551 g/mol. The fraction of sp³-hybridized carbons (Fsp3) is 0.500. The van der Waals surface area contributed by atoms with Crippen LogP contribution in [0.3, 0.4) is 0 Å². The Morgan fingerprint density at radius 2 is 1.27 bits per heavy atom. The average molecular weight is 600 g/mol. The minimum absolute atomic E-state index is 0.268. The first-order valence-corrected chi connectivity index (χ1v) is 16.9. The first-order chi connectivity index (χ1) is 19.5. The number of unbranched alkanes of at least 4 members (excludes halogenated alkanes) is 1. The van der Waals surface area contributed by atoms with Gasteiger partial charge in [0.1, 0.15) is 5.56 Å². The maximum absolute atomic E-state index is 11.3. The van der Waals surface area contributed by atoms with Crippen LogP contribution in [0.1, 0.15) is 116 Å². The third kappa shape index (κ3) is 17.8. The van der Waals surface area contributed by atoms with Crippen molar-refractivity contribution in [1.29, 1.82) is 0 Å². The fourth-order valence-corrected chi connectivity index (χ4v) is 6.26. The Kier molecular flexibility index (Phi) is 18.9. The van der Waals surface area contributed by atoms with E-state index in [-0.39, 0.29) is 11.3 Å². The molecule has 0 aliphatic rings. The van der Waals surface area contributed by atoms with Gasteiger partial charge in [-0.1, -0.05) is 79.8 Å². The van der Waals surface area contributed by atoms with E-state index in [1.807, 2.05) is 0 Å². The van der Waals surface area contributed by atoms with Gasteiger partial charge in [0.25, 0.3) is 5.69 Å². The van der Waals surface area contributed by atoms with E-state index < -0.39 is 10.9 Å². The summed E-state index contributed by atoms with van der Waals surface area (Å²) in [6.45, 7) is 13.2. The van der Waals surface area contributed by atoms with Crippen LogP contribution in [-0.4, -0.2) is 21.8 Å². The highest BCUT2D eigenvalue weighted by Crippen LogP contribution is 2.34. The molecule has 0 aliphatic heterocycles. The van der Waals surface area contributed by atoms with Crippen LogP contribution in [0.25, 0.3) is 0 Å². The molecule has 0 saturated heterocycles. The third-order valence-corrected chi connectivity index (χ3v) is 9.11. The largest absolute Gasteiger partial charge is 0.477 e. The number of nitro groups is 1. The molecule has 1 N–H and O–H groups in total. The maximum Gasteiger partial charge on any atom is 0.342 e. The highest BCUT2D eigenvalue weighted by atomic mass is 33.1. The van der Waals surface area contributed by atoms with Crippen molar-refractivity contribution in [2.45, 2.75) is 111 Å². The minimum Gasteiger partial charge on any atom is -0.477 e. The molecule has 0 atom stereocenters. The van der Waals surface area contributed by atoms with E-state index in [9.17, 15) is 20.0 Å². The summed E-state index contributed by atoms with van der Waals surface area (Å²) in [6.07, 6.45) is 22.8. The molecule has 1 aromatic carbocycles. The SMILES string of the molecule is CC(C)=CCC/C(C)=C/CC/C(C)=C/CC/C=C(\C)CC/C=C(\C)CCCSSc1ccc([N+](=O)[O-])c(C(=O)O)c1. The van der Waals surface area contributed by atoms with Crippen LogP contribution in [-0.2, 0) is 0 Å². The molecule has 0 bridgehead atoms. The van der Waals surface area contributed by atoms with Gasteiger partial charge >= 0.3 is 5.97 Å². The Morgan fingerprint density at radius 3 is 1.76 bits per heavy atom. The van der Waals surface area contributed by atoms with E-state index in [0.29, 0.717) is 4.90 Å². The van der Waals surface area contributed by atoms with Crippen LogP contribution in [0.5, 0.6) is 0 Å². The lowest BCUT2D eigenvalue weighted by molar-refractivity contribution is -0.385. The molecule has 1 rings (SSSR count). The number of rotatable bonds is 20. The second-order valence-corrected chi connectivity index (χ2v) is 13.4. The zero-order chi connectivity index (χ0) is 30.6. The zero-order valence-electron chi connectivity index (χ0n) is 25.8. The van der Waals surface area contributed by atoms with Gasteiger partial charge in [0.05, 0.1) is 4.92 Å². The molecule has 226 valence electrons. The summed E-state index contributed by atoms with van der Waals surface area (Å²) >= 11 is 0. The molecule has 7 heteroatoms. The van der Waals surface area contributed by atoms with E-state index in [2.05, 4.69) is 71.9 Å². The third-order valence-electron chi connectivity index (χ3n) is 6.66. The van der Waals surface area contributed by atoms with E-state index in [0.717, 1.165) is 70.0 Å². The Hall–Kier alpha value is -2.51. The predicted molar refractivity (Wildman–Crippen MR) is 179 cm³/mol. The van der Waals surface area contributed by atoms with Gasteiger partial charge in [-0.05, 0) is 118 Å². The number of carboxylic acid groups (broad SMARTS) is 1. The van der Waals surface area contributed by atoms with Crippen molar-refractivity contribution in [1.82, 2.24) is 0 Å². The molecule has 0 heterocycles. The number of nitrogens with zero attached hydrogens (tertiary/aromatic N) is 1. The van der Waals surface area contributed by atoms with Crippen LogP contribution in [0.15, 0.2) is 81.3 Å². The van der Waals surface area contributed by atoms with Crippen molar-refractivity contribution in [2.24, 2.45) is 0 Å². The molecule has 5 nitrogen and oxygen atoms in total. The number of hydrogen-bond donors (Lipinski definition) is 1. The van der Waals surface area contributed by atoms with Gasteiger partial charge in [0, 0.05) is 16.7 Å². The van der Waals surface area contributed by atoms with E-state index >= 15 is 0 Å². The van der Waals surface area contributed by atoms with Gasteiger partial charge in [0.2, 0.25) is 0 Å². The second-order valence-electron chi connectivity index (χ2n) is 10.9.